The molecular weight excluding hydrogens is 426 g/mol. The van der Waals surface area contributed by atoms with E-state index in [1.165, 1.54) is 0 Å². The first-order valence-electron chi connectivity index (χ1n) is 10.6. The Labute approximate surface area is 191 Å². The van der Waals surface area contributed by atoms with Gasteiger partial charge in [0, 0.05) is 23.1 Å². The highest BCUT2D eigenvalue weighted by Gasteiger charge is 2.19. The van der Waals surface area contributed by atoms with Crippen molar-refractivity contribution < 1.29 is 29.1 Å². The Morgan fingerprint density at radius 2 is 1.91 bits per heavy atom. The summed E-state index contributed by atoms with van der Waals surface area (Å²) < 4.78 is 11.2. The van der Waals surface area contributed by atoms with Crippen LogP contribution in [0.4, 0.5) is 0 Å². The Morgan fingerprint density at radius 1 is 1.18 bits per heavy atom. The fourth-order valence-corrected chi connectivity index (χ4v) is 3.47. The monoisotopic (exact) mass is 453 g/mol. The van der Waals surface area contributed by atoms with Gasteiger partial charge in [0.1, 0.15) is 24.7 Å². The van der Waals surface area contributed by atoms with E-state index in [9.17, 15) is 19.8 Å². The minimum absolute atomic E-state index is 0.0972. The molecule has 9 heteroatoms. The SMILES string of the molecule is CCc1cc(-c2noc(-c3ccc(C=O)c(C)c3)n2)cc(C)c1OC[C@@H](O)CC(O)C(N)=O. The molecule has 3 aromatic rings. The molecule has 9 nitrogen and oxygen atoms in total. The zero-order chi connectivity index (χ0) is 24.1. The van der Waals surface area contributed by atoms with E-state index in [1.807, 2.05) is 39.0 Å². The van der Waals surface area contributed by atoms with Crippen LogP contribution in [-0.2, 0) is 11.2 Å². The van der Waals surface area contributed by atoms with Gasteiger partial charge in [-0.15, -0.1) is 0 Å². The van der Waals surface area contributed by atoms with Gasteiger partial charge >= 0.3 is 0 Å². The zero-order valence-corrected chi connectivity index (χ0v) is 18.7. The number of primary amides is 1. The molecule has 33 heavy (non-hydrogen) atoms. The van der Waals surface area contributed by atoms with E-state index >= 15 is 0 Å². The van der Waals surface area contributed by atoms with Crippen LogP contribution in [0.1, 0.15) is 40.4 Å². The molecule has 0 aliphatic rings. The smallest absolute Gasteiger partial charge is 0.258 e. The molecule has 0 fully saturated rings. The molecule has 0 aliphatic heterocycles. The van der Waals surface area contributed by atoms with E-state index in [1.54, 1.807) is 12.1 Å². The average molecular weight is 453 g/mol. The van der Waals surface area contributed by atoms with E-state index in [-0.39, 0.29) is 13.0 Å². The van der Waals surface area contributed by atoms with E-state index in [0.717, 1.165) is 34.1 Å². The number of nitrogens with two attached hydrogens (primary N) is 1. The third-order valence-corrected chi connectivity index (χ3v) is 5.30. The van der Waals surface area contributed by atoms with Gasteiger partial charge in [-0.25, -0.2) is 0 Å². The van der Waals surface area contributed by atoms with E-state index in [2.05, 4.69) is 10.1 Å². The number of rotatable bonds is 10. The van der Waals surface area contributed by atoms with Gasteiger partial charge in [-0.05, 0) is 61.2 Å². The van der Waals surface area contributed by atoms with E-state index < -0.39 is 18.1 Å². The summed E-state index contributed by atoms with van der Waals surface area (Å²) in [6, 6.07) is 9.04. The number of carbonyl (C=O) groups excluding carboxylic acids is 2. The van der Waals surface area contributed by atoms with Gasteiger partial charge in [0.25, 0.3) is 5.89 Å². The van der Waals surface area contributed by atoms with Crippen LogP contribution in [0, 0.1) is 13.8 Å². The third-order valence-electron chi connectivity index (χ3n) is 5.30. The molecular formula is C24H27N3O6. The van der Waals surface area contributed by atoms with E-state index in [0.29, 0.717) is 29.4 Å². The van der Waals surface area contributed by atoms with E-state index in [4.69, 9.17) is 15.0 Å². The molecule has 0 saturated heterocycles. The van der Waals surface area contributed by atoms with Crippen LogP contribution < -0.4 is 10.5 Å². The van der Waals surface area contributed by atoms with Crippen molar-refractivity contribution in [2.75, 3.05) is 6.61 Å². The maximum Gasteiger partial charge on any atom is 0.258 e. The second kappa shape index (κ2) is 10.4. The highest BCUT2D eigenvalue weighted by atomic mass is 16.5. The van der Waals surface area contributed by atoms with Crippen LogP contribution in [0.3, 0.4) is 0 Å². The normalized spacial score (nSPS) is 12.9. The minimum atomic E-state index is -1.43. The second-order valence-electron chi connectivity index (χ2n) is 7.87. The number of hydrogen-bond donors (Lipinski definition) is 3. The van der Waals surface area contributed by atoms with Gasteiger partial charge in [0.2, 0.25) is 11.7 Å². The third kappa shape index (κ3) is 5.63. The summed E-state index contributed by atoms with van der Waals surface area (Å²) in [5.41, 5.74) is 9.60. The van der Waals surface area contributed by atoms with Gasteiger partial charge in [-0.2, -0.15) is 4.98 Å². The summed E-state index contributed by atoms with van der Waals surface area (Å²) in [4.78, 5) is 26.5. The van der Waals surface area contributed by atoms with Gasteiger partial charge in [-0.1, -0.05) is 18.1 Å². The molecule has 1 aromatic heterocycles. The molecule has 1 amide bonds. The number of aliphatic hydroxyl groups excluding tert-OH is 2. The molecule has 174 valence electrons. The van der Waals surface area contributed by atoms with Crippen molar-refractivity contribution in [3.05, 3.63) is 52.6 Å². The standard InChI is InChI=1S/C24H27N3O6/c1-4-15-9-18(8-14(3)21(15)32-12-19(29)10-20(30)22(25)31)23-26-24(33-27-23)16-5-6-17(11-28)13(2)7-16/h5-9,11,19-20,29-30H,4,10,12H2,1-3H3,(H2,25,31)/t19-,20?/m0/s1. The lowest BCUT2D eigenvalue weighted by atomic mass is 10.0. The number of nitrogens with zero attached hydrogens (tertiary/aromatic N) is 2. The number of amides is 1. The molecule has 0 spiro atoms. The van der Waals surface area contributed by atoms with Crippen LogP contribution >= 0.6 is 0 Å². The predicted octanol–water partition coefficient (Wildman–Crippen LogP) is 2.37. The first kappa shape index (κ1) is 24.1. The number of ether oxygens (including phenoxy) is 1. The fourth-order valence-electron chi connectivity index (χ4n) is 3.47. The molecule has 1 unspecified atom stereocenters. The molecule has 0 aliphatic carbocycles. The lowest BCUT2D eigenvalue weighted by molar-refractivity contribution is -0.127. The number of aryl methyl sites for hydroxylation is 3. The molecule has 0 saturated carbocycles. The summed E-state index contributed by atoms with van der Waals surface area (Å²) >= 11 is 0. The van der Waals surface area contributed by atoms with Crippen molar-refractivity contribution in [3.8, 4) is 28.6 Å². The van der Waals surface area contributed by atoms with Gasteiger partial charge in [0.05, 0.1) is 6.10 Å². The lowest BCUT2D eigenvalue weighted by Gasteiger charge is -2.18. The van der Waals surface area contributed by atoms with Crippen LogP contribution in [0.2, 0.25) is 0 Å². The van der Waals surface area contributed by atoms with Crippen molar-refractivity contribution in [1.82, 2.24) is 10.1 Å². The lowest BCUT2D eigenvalue weighted by Crippen LogP contribution is -2.33. The maximum atomic E-state index is 11.0. The minimum Gasteiger partial charge on any atom is -0.490 e. The number of carbonyl (C=O) groups is 2. The topological polar surface area (TPSA) is 149 Å². The number of aromatic nitrogens is 2. The van der Waals surface area contributed by atoms with Crippen molar-refractivity contribution >= 4 is 12.2 Å². The Bertz CT molecular complexity index is 1160. The molecule has 4 N–H and O–H groups in total. The highest BCUT2D eigenvalue weighted by molar-refractivity contribution is 5.79. The fraction of sp³-hybridized carbons (Fsp3) is 0.333. The molecule has 3 rings (SSSR count). The Kier molecular flexibility index (Phi) is 7.57. The maximum absolute atomic E-state index is 11.0. The van der Waals surface area contributed by atoms with Gasteiger partial charge in [0.15, 0.2) is 0 Å². The van der Waals surface area contributed by atoms with Crippen LogP contribution in [0.5, 0.6) is 5.75 Å². The zero-order valence-electron chi connectivity index (χ0n) is 18.7. The van der Waals surface area contributed by atoms with Crippen LogP contribution in [0.15, 0.2) is 34.9 Å². The highest BCUT2D eigenvalue weighted by Crippen LogP contribution is 2.31. The summed E-state index contributed by atoms with van der Waals surface area (Å²) in [6.45, 7) is 5.58. The molecule has 2 aromatic carbocycles. The van der Waals surface area contributed by atoms with Gasteiger partial charge < -0.3 is 25.2 Å². The van der Waals surface area contributed by atoms with Crippen LogP contribution in [-0.4, -0.2) is 51.4 Å². The Hall–Kier alpha value is -3.56. The Balaban J connectivity index is 1.80. The average Bonchev–Trinajstić information content (AvgIpc) is 3.28. The summed E-state index contributed by atoms with van der Waals surface area (Å²) in [6.07, 6.45) is -1.22. The van der Waals surface area contributed by atoms with Crippen molar-refractivity contribution in [2.24, 2.45) is 5.73 Å². The summed E-state index contributed by atoms with van der Waals surface area (Å²) in [5.74, 6) is 0.476. The Morgan fingerprint density at radius 3 is 2.55 bits per heavy atom. The van der Waals surface area contributed by atoms with Crippen molar-refractivity contribution in [2.45, 2.75) is 45.8 Å². The molecule has 0 radical (unpaired) electrons. The quantitative estimate of drug-likeness (QED) is 0.396. The number of hydrogen-bond acceptors (Lipinski definition) is 8. The second-order valence-corrected chi connectivity index (χ2v) is 7.87. The van der Waals surface area contributed by atoms with Crippen molar-refractivity contribution in [1.29, 1.82) is 0 Å². The van der Waals surface area contributed by atoms with Gasteiger partial charge in [-0.3, -0.25) is 9.59 Å². The molecule has 1 heterocycles. The first-order chi connectivity index (χ1) is 15.7. The largest absolute Gasteiger partial charge is 0.490 e. The predicted molar refractivity (Wildman–Crippen MR) is 121 cm³/mol. The summed E-state index contributed by atoms with van der Waals surface area (Å²) in [5, 5.41) is 23.6. The number of aliphatic hydroxyl groups is 2. The molecule has 2 atom stereocenters. The first-order valence-corrected chi connectivity index (χ1v) is 10.6. The summed E-state index contributed by atoms with van der Waals surface area (Å²) in [7, 11) is 0. The molecule has 0 bridgehead atoms. The van der Waals surface area contributed by atoms with Crippen LogP contribution in [0.25, 0.3) is 22.8 Å². The number of aldehydes is 1. The van der Waals surface area contributed by atoms with Crippen molar-refractivity contribution in [3.63, 3.8) is 0 Å². The number of benzene rings is 2.